The third kappa shape index (κ3) is 3.86. The number of nitrogens with two attached hydrogens (primary N) is 1. The Balaban J connectivity index is 2.37. The Kier molecular flexibility index (Phi) is 5.16. The average Bonchev–Trinajstić information content (AvgIpc) is 2.29. The molecule has 0 amide bonds. The highest BCUT2D eigenvalue weighted by Gasteiger charge is 2.24. The zero-order chi connectivity index (χ0) is 11.3. The summed E-state index contributed by atoms with van der Waals surface area (Å²) < 4.78 is 5.70. The van der Waals surface area contributed by atoms with Crippen molar-refractivity contribution in [3.63, 3.8) is 0 Å². The highest BCUT2D eigenvalue weighted by atomic mass is 16.5. The molecule has 0 heterocycles. The Bertz CT molecular complexity index is 197. The van der Waals surface area contributed by atoms with Crippen LogP contribution in [0.1, 0.15) is 52.4 Å². The van der Waals surface area contributed by atoms with Gasteiger partial charge in [0.2, 0.25) is 0 Å². The SMILES string of the molecule is C=C(OC(C)CC)C(N)C1CCCCC1. The van der Waals surface area contributed by atoms with Gasteiger partial charge in [0.1, 0.15) is 5.76 Å². The van der Waals surface area contributed by atoms with Gasteiger partial charge < -0.3 is 10.5 Å². The van der Waals surface area contributed by atoms with E-state index in [9.17, 15) is 0 Å². The third-order valence-electron chi connectivity index (χ3n) is 3.46. The Hall–Kier alpha value is -0.500. The average molecular weight is 211 g/mol. The molecule has 0 aromatic heterocycles. The fourth-order valence-corrected chi connectivity index (χ4v) is 2.18. The molecule has 0 spiro atoms. The van der Waals surface area contributed by atoms with E-state index in [0.717, 1.165) is 12.2 Å². The molecule has 15 heavy (non-hydrogen) atoms. The maximum absolute atomic E-state index is 6.17. The van der Waals surface area contributed by atoms with Crippen LogP contribution in [-0.2, 0) is 4.74 Å². The van der Waals surface area contributed by atoms with Gasteiger partial charge in [-0.1, -0.05) is 32.8 Å². The van der Waals surface area contributed by atoms with Crippen molar-refractivity contribution >= 4 is 0 Å². The fraction of sp³-hybridized carbons (Fsp3) is 0.846. The Morgan fingerprint density at radius 2 is 2.00 bits per heavy atom. The molecule has 2 heteroatoms. The molecule has 2 atom stereocenters. The van der Waals surface area contributed by atoms with Crippen molar-refractivity contribution in [2.45, 2.75) is 64.5 Å². The maximum atomic E-state index is 6.17. The summed E-state index contributed by atoms with van der Waals surface area (Å²) >= 11 is 0. The Labute approximate surface area is 93.9 Å². The Morgan fingerprint density at radius 3 is 2.53 bits per heavy atom. The molecule has 0 bridgehead atoms. The van der Waals surface area contributed by atoms with E-state index >= 15 is 0 Å². The molecule has 2 nitrogen and oxygen atoms in total. The molecule has 1 aliphatic carbocycles. The summed E-state index contributed by atoms with van der Waals surface area (Å²) in [6.07, 6.45) is 7.73. The van der Waals surface area contributed by atoms with E-state index in [1.165, 1.54) is 32.1 Å². The van der Waals surface area contributed by atoms with Gasteiger partial charge in [0.25, 0.3) is 0 Å². The van der Waals surface area contributed by atoms with Gasteiger partial charge in [0.15, 0.2) is 0 Å². The molecule has 2 unspecified atom stereocenters. The number of rotatable bonds is 5. The van der Waals surface area contributed by atoms with Crippen molar-refractivity contribution in [2.24, 2.45) is 11.7 Å². The van der Waals surface area contributed by atoms with Crippen molar-refractivity contribution in [1.29, 1.82) is 0 Å². The zero-order valence-corrected chi connectivity index (χ0v) is 10.2. The van der Waals surface area contributed by atoms with Crippen molar-refractivity contribution in [3.8, 4) is 0 Å². The van der Waals surface area contributed by atoms with Crippen LogP contribution in [0.15, 0.2) is 12.3 Å². The van der Waals surface area contributed by atoms with E-state index in [1.807, 2.05) is 0 Å². The molecule has 1 saturated carbocycles. The fourth-order valence-electron chi connectivity index (χ4n) is 2.18. The topological polar surface area (TPSA) is 35.2 Å². The van der Waals surface area contributed by atoms with Crippen LogP contribution < -0.4 is 5.73 Å². The molecule has 0 radical (unpaired) electrons. The Morgan fingerprint density at radius 1 is 1.40 bits per heavy atom. The molecule has 1 aliphatic rings. The van der Waals surface area contributed by atoms with Crippen LogP contribution in [0.5, 0.6) is 0 Å². The predicted octanol–water partition coefficient (Wildman–Crippen LogP) is 3.22. The molecule has 2 N–H and O–H groups in total. The minimum atomic E-state index is 0.0410. The second kappa shape index (κ2) is 6.16. The van der Waals surface area contributed by atoms with Crippen LogP contribution in [0.25, 0.3) is 0 Å². The number of hydrogen-bond acceptors (Lipinski definition) is 2. The molecule has 1 fully saturated rings. The van der Waals surface area contributed by atoms with Crippen LogP contribution in [0, 0.1) is 5.92 Å². The maximum Gasteiger partial charge on any atom is 0.106 e. The summed E-state index contributed by atoms with van der Waals surface area (Å²) in [5.74, 6) is 1.38. The first-order valence-corrected chi connectivity index (χ1v) is 6.26. The van der Waals surface area contributed by atoms with Crippen molar-refractivity contribution in [1.82, 2.24) is 0 Å². The second-order valence-corrected chi connectivity index (χ2v) is 4.73. The lowest BCUT2D eigenvalue weighted by molar-refractivity contribution is 0.103. The largest absolute Gasteiger partial charge is 0.494 e. The second-order valence-electron chi connectivity index (χ2n) is 4.73. The predicted molar refractivity (Wildman–Crippen MR) is 64.5 cm³/mol. The van der Waals surface area contributed by atoms with Gasteiger partial charge in [-0.25, -0.2) is 0 Å². The van der Waals surface area contributed by atoms with Gasteiger partial charge >= 0.3 is 0 Å². The lowest BCUT2D eigenvalue weighted by atomic mass is 9.84. The van der Waals surface area contributed by atoms with Crippen LogP contribution in [-0.4, -0.2) is 12.1 Å². The smallest absolute Gasteiger partial charge is 0.106 e. The standard InChI is InChI=1S/C13H25NO/c1-4-10(2)15-11(3)13(14)12-8-6-5-7-9-12/h10,12-13H,3-9,14H2,1-2H3. The number of ether oxygens (including phenoxy) is 1. The quantitative estimate of drug-likeness (QED) is 0.709. The summed E-state index contributed by atoms with van der Waals surface area (Å²) in [5.41, 5.74) is 6.17. The molecular weight excluding hydrogens is 186 g/mol. The van der Waals surface area contributed by atoms with E-state index in [-0.39, 0.29) is 12.1 Å². The molecule has 88 valence electrons. The van der Waals surface area contributed by atoms with E-state index < -0.39 is 0 Å². The third-order valence-corrected chi connectivity index (χ3v) is 3.46. The zero-order valence-electron chi connectivity index (χ0n) is 10.2. The van der Waals surface area contributed by atoms with Gasteiger partial charge in [0.05, 0.1) is 12.1 Å². The van der Waals surface area contributed by atoms with Crippen LogP contribution in [0.4, 0.5) is 0 Å². The molecule has 0 saturated heterocycles. The number of hydrogen-bond donors (Lipinski definition) is 1. The lowest BCUT2D eigenvalue weighted by Crippen LogP contribution is -2.35. The van der Waals surface area contributed by atoms with Crippen molar-refractivity contribution in [3.05, 3.63) is 12.3 Å². The molecule has 0 aromatic carbocycles. The summed E-state index contributed by atoms with van der Waals surface area (Å²) in [7, 11) is 0. The van der Waals surface area contributed by atoms with Crippen LogP contribution >= 0.6 is 0 Å². The molecular formula is C13H25NO. The summed E-state index contributed by atoms with van der Waals surface area (Å²) in [4.78, 5) is 0. The minimum Gasteiger partial charge on any atom is -0.494 e. The molecule has 1 rings (SSSR count). The highest BCUT2D eigenvalue weighted by molar-refractivity contribution is 4.99. The van der Waals surface area contributed by atoms with Crippen molar-refractivity contribution < 1.29 is 4.74 Å². The first-order valence-electron chi connectivity index (χ1n) is 6.26. The van der Waals surface area contributed by atoms with E-state index in [0.29, 0.717) is 5.92 Å². The van der Waals surface area contributed by atoms with Crippen LogP contribution in [0.3, 0.4) is 0 Å². The van der Waals surface area contributed by atoms with Gasteiger partial charge in [-0.05, 0) is 32.1 Å². The van der Waals surface area contributed by atoms with E-state index in [4.69, 9.17) is 10.5 Å². The summed E-state index contributed by atoms with van der Waals surface area (Å²) in [6, 6.07) is 0.0410. The summed E-state index contributed by atoms with van der Waals surface area (Å²) in [6.45, 7) is 8.15. The van der Waals surface area contributed by atoms with Crippen molar-refractivity contribution in [2.75, 3.05) is 0 Å². The molecule has 0 aliphatic heterocycles. The molecule has 0 aromatic rings. The van der Waals surface area contributed by atoms with Gasteiger partial charge in [-0.3, -0.25) is 0 Å². The normalized spacial score (nSPS) is 22.1. The van der Waals surface area contributed by atoms with Gasteiger partial charge in [0, 0.05) is 0 Å². The van der Waals surface area contributed by atoms with Gasteiger partial charge in [-0.2, -0.15) is 0 Å². The highest BCUT2D eigenvalue weighted by Crippen LogP contribution is 2.28. The summed E-state index contributed by atoms with van der Waals surface area (Å²) in [5, 5.41) is 0. The minimum absolute atomic E-state index is 0.0410. The van der Waals surface area contributed by atoms with E-state index in [1.54, 1.807) is 0 Å². The lowest BCUT2D eigenvalue weighted by Gasteiger charge is -2.29. The van der Waals surface area contributed by atoms with E-state index in [2.05, 4.69) is 20.4 Å². The van der Waals surface area contributed by atoms with Crippen LogP contribution in [0.2, 0.25) is 0 Å². The monoisotopic (exact) mass is 211 g/mol. The van der Waals surface area contributed by atoms with Gasteiger partial charge in [-0.15, -0.1) is 0 Å². The first-order chi connectivity index (χ1) is 7.15. The first kappa shape index (κ1) is 12.6.